The highest BCUT2D eigenvalue weighted by Gasteiger charge is 2.33. The van der Waals surface area contributed by atoms with E-state index in [-0.39, 0.29) is 0 Å². The summed E-state index contributed by atoms with van der Waals surface area (Å²) in [7, 11) is 0. The molecule has 0 aliphatic carbocycles. The number of nitrogens with one attached hydrogen (secondary N) is 1. The average molecular weight is 341 g/mol. The summed E-state index contributed by atoms with van der Waals surface area (Å²) < 4.78 is 37.5. The first-order valence-electron chi connectivity index (χ1n) is 7.58. The van der Waals surface area contributed by atoms with Crippen LogP contribution in [0.25, 0.3) is 0 Å². The second-order valence-corrected chi connectivity index (χ2v) is 6.63. The molecule has 2 heterocycles. The number of nitrogens with zero attached hydrogens (tertiary/aromatic N) is 2. The number of halogens is 3. The first-order valence-corrected chi connectivity index (χ1v) is 8.40. The van der Waals surface area contributed by atoms with Crippen molar-refractivity contribution in [1.82, 2.24) is 9.88 Å². The number of benzene rings is 1. The van der Waals surface area contributed by atoms with E-state index in [9.17, 15) is 13.2 Å². The van der Waals surface area contributed by atoms with Crippen molar-refractivity contribution in [2.75, 3.05) is 25.0 Å². The molecule has 2 aromatic rings. The number of hydrogen-bond donors (Lipinski definition) is 1. The number of rotatable bonds is 5. The average Bonchev–Trinajstić information content (AvgIpc) is 3.00. The van der Waals surface area contributed by atoms with Gasteiger partial charge in [0.25, 0.3) is 0 Å². The van der Waals surface area contributed by atoms with Crippen molar-refractivity contribution in [1.29, 1.82) is 0 Å². The number of fused-ring (bicyclic) bond motifs is 1. The van der Waals surface area contributed by atoms with E-state index in [0.717, 1.165) is 38.7 Å². The molecular weight excluding hydrogens is 323 g/mol. The van der Waals surface area contributed by atoms with E-state index < -0.39 is 11.1 Å². The number of aromatic nitrogens is 1. The highest BCUT2D eigenvalue weighted by Crippen LogP contribution is 2.34. The quantitative estimate of drug-likeness (QED) is 0.833. The molecule has 7 heteroatoms. The number of hydrogen-bond acceptors (Lipinski definition) is 4. The lowest BCUT2D eigenvalue weighted by Crippen LogP contribution is -2.32. The maximum Gasteiger partial charge on any atom is 0.427 e. The molecule has 23 heavy (non-hydrogen) atoms. The molecule has 1 aromatic heterocycles. The van der Waals surface area contributed by atoms with Crippen LogP contribution in [0.1, 0.15) is 22.4 Å². The molecule has 0 saturated heterocycles. The van der Waals surface area contributed by atoms with Crippen LogP contribution in [0.2, 0.25) is 0 Å². The zero-order chi connectivity index (χ0) is 16.3. The standard InChI is InChI=1S/C16H18F3N3S/c17-16(18,19)14-10-21-15(23-14)20-7-3-8-22-9-6-12-4-1-2-5-13(12)11-22/h1-2,4-5,10H,3,6-9,11H2,(H,20,21). The Morgan fingerprint density at radius 3 is 2.74 bits per heavy atom. The zero-order valence-electron chi connectivity index (χ0n) is 12.6. The van der Waals surface area contributed by atoms with Gasteiger partial charge in [-0.25, -0.2) is 4.98 Å². The molecule has 1 aromatic carbocycles. The molecule has 0 radical (unpaired) electrons. The third-order valence-electron chi connectivity index (χ3n) is 3.92. The molecule has 0 spiro atoms. The summed E-state index contributed by atoms with van der Waals surface area (Å²) >= 11 is 0.656. The minimum Gasteiger partial charge on any atom is -0.361 e. The summed E-state index contributed by atoms with van der Waals surface area (Å²) in [4.78, 5) is 5.49. The highest BCUT2D eigenvalue weighted by atomic mass is 32.1. The van der Waals surface area contributed by atoms with Gasteiger partial charge in [-0.05, 0) is 24.0 Å². The summed E-state index contributed by atoms with van der Waals surface area (Å²) in [5, 5.41) is 3.31. The van der Waals surface area contributed by atoms with Gasteiger partial charge in [-0.2, -0.15) is 13.2 Å². The second kappa shape index (κ2) is 6.88. The van der Waals surface area contributed by atoms with Gasteiger partial charge in [0.15, 0.2) is 5.13 Å². The van der Waals surface area contributed by atoms with Crippen molar-refractivity contribution < 1.29 is 13.2 Å². The van der Waals surface area contributed by atoms with E-state index in [1.165, 1.54) is 11.1 Å². The van der Waals surface area contributed by atoms with Crippen LogP contribution in [0.3, 0.4) is 0 Å². The molecule has 1 aliphatic heterocycles. The van der Waals surface area contributed by atoms with Gasteiger partial charge in [0.2, 0.25) is 0 Å². The van der Waals surface area contributed by atoms with E-state index in [1.807, 2.05) is 0 Å². The van der Waals surface area contributed by atoms with Crippen LogP contribution in [0.15, 0.2) is 30.5 Å². The molecule has 0 saturated carbocycles. The Hall–Kier alpha value is -1.60. The van der Waals surface area contributed by atoms with Crippen molar-refractivity contribution in [2.45, 2.75) is 25.6 Å². The summed E-state index contributed by atoms with van der Waals surface area (Å²) in [5.74, 6) is 0. The van der Waals surface area contributed by atoms with Gasteiger partial charge in [-0.3, -0.25) is 4.90 Å². The van der Waals surface area contributed by atoms with E-state index in [2.05, 4.69) is 39.5 Å². The topological polar surface area (TPSA) is 28.2 Å². The first-order chi connectivity index (χ1) is 11.0. The lowest BCUT2D eigenvalue weighted by molar-refractivity contribution is -0.134. The largest absolute Gasteiger partial charge is 0.427 e. The van der Waals surface area contributed by atoms with Gasteiger partial charge < -0.3 is 5.32 Å². The Balaban J connectivity index is 1.42. The lowest BCUT2D eigenvalue weighted by atomic mass is 10.00. The van der Waals surface area contributed by atoms with E-state index >= 15 is 0 Å². The first kappa shape index (κ1) is 16.3. The highest BCUT2D eigenvalue weighted by molar-refractivity contribution is 7.15. The Labute approximate surface area is 137 Å². The summed E-state index contributed by atoms with van der Waals surface area (Å²) in [5.41, 5.74) is 2.80. The van der Waals surface area contributed by atoms with E-state index in [1.54, 1.807) is 0 Å². The fourth-order valence-corrected chi connectivity index (χ4v) is 3.44. The van der Waals surface area contributed by atoms with Gasteiger partial charge in [0.05, 0.1) is 6.20 Å². The Kier molecular flexibility index (Phi) is 4.87. The van der Waals surface area contributed by atoms with Gasteiger partial charge in [0, 0.05) is 26.2 Å². The van der Waals surface area contributed by atoms with Crippen LogP contribution in [0.4, 0.5) is 18.3 Å². The summed E-state index contributed by atoms with van der Waals surface area (Å²) in [6.07, 6.45) is -1.48. The molecule has 1 N–H and O–H groups in total. The van der Waals surface area contributed by atoms with Crippen LogP contribution in [-0.2, 0) is 19.1 Å². The Morgan fingerprint density at radius 2 is 2.00 bits per heavy atom. The zero-order valence-corrected chi connectivity index (χ0v) is 13.4. The van der Waals surface area contributed by atoms with Crippen LogP contribution in [0, 0.1) is 0 Å². The number of alkyl halides is 3. The minimum absolute atomic E-state index is 0.335. The lowest BCUT2D eigenvalue weighted by Gasteiger charge is -2.28. The molecule has 0 atom stereocenters. The molecule has 0 amide bonds. The molecule has 0 unspecified atom stereocenters. The molecule has 1 aliphatic rings. The van der Waals surface area contributed by atoms with Crippen LogP contribution in [-0.4, -0.2) is 29.5 Å². The van der Waals surface area contributed by atoms with Crippen molar-refractivity contribution in [3.8, 4) is 0 Å². The summed E-state index contributed by atoms with van der Waals surface area (Å²) in [6.45, 7) is 3.54. The van der Waals surface area contributed by atoms with Crippen molar-refractivity contribution in [3.63, 3.8) is 0 Å². The molecule has 0 fully saturated rings. The van der Waals surface area contributed by atoms with Gasteiger partial charge in [-0.15, -0.1) is 0 Å². The normalized spacial score (nSPS) is 15.4. The van der Waals surface area contributed by atoms with Crippen LogP contribution < -0.4 is 5.32 Å². The van der Waals surface area contributed by atoms with Crippen molar-refractivity contribution in [2.24, 2.45) is 0 Å². The van der Waals surface area contributed by atoms with Crippen LogP contribution in [0.5, 0.6) is 0 Å². The SMILES string of the molecule is FC(F)(F)c1cnc(NCCCN2CCc3ccccc3C2)s1. The Bertz CT molecular complexity index is 654. The molecule has 0 bridgehead atoms. The monoisotopic (exact) mass is 341 g/mol. The number of anilines is 1. The maximum atomic E-state index is 12.5. The van der Waals surface area contributed by atoms with E-state index in [0.29, 0.717) is 23.0 Å². The second-order valence-electron chi connectivity index (χ2n) is 5.60. The minimum atomic E-state index is -4.31. The summed E-state index contributed by atoms with van der Waals surface area (Å²) in [6, 6.07) is 8.47. The third kappa shape index (κ3) is 4.23. The maximum absolute atomic E-state index is 12.5. The predicted octanol–water partition coefficient (Wildman–Crippen LogP) is 4.02. The number of thiazole rings is 1. The molecule has 3 rings (SSSR count). The van der Waals surface area contributed by atoms with Gasteiger partial charge in [-0.1, -0.05) is 35.6 Å². The third-order valence-corrected chi connectivity index (χ3v) is 4.92. The Morgan fingerprint density at radius 1 is 1.22 bits per heavy atom. The van der Waals surface area contributed by atoms with Crippen molar-refractivity contribution >= 4 is 16.5 Å². The molecule has 124 valence electrons. The van der Waals surface area contributed by atoms with E-state index in [4.69, 9.17) is 0 Å². The van der Waals surface area contributed by atoms with Gasteiger partial charge >= 0.3 is 6.18 Å². The fourth-order valence-electron chi connectivity index (χ4n) is 2.73. The molecular formula is C16H18F3N3S. The van der Waals surface area contributed by atoms with Crippen LogP contribution >= 0.6 is 11.3 Å². The van der Waals surface area contributed by atoms with Gasteiger partial charge in [0.1, 0.15) is 4.88 Å². The smallest absolute Gasteiger partial charge is 0.361 e. The van der Waals surface area contributed by atoms with Crippen molar-refractivity contribution in [3.05, 3.63) is 46.5 Å². The predicted molar refractivity (Wildman–Crippen MR) is 85.6 cm³/mol. The fraction of sp³-hybridized carbons (Fsp3) is 0.438. The molecule has 3 nitrogen and oxygen atoms in total.